The van der Waals surface area contributed by atoms with Crippen molar-refractivity contribution >= 4 is 17.5 Å². The van der Waals surface area contributed by atoms with Crippen LogP contribution >= 0.6 is 0 Å². The van der Waals surface area contributed by atoms with E-state index in [1.54, 1.807) is 24.3 Å². The number of amides is 2. The first-order valence-electron chi connectivity index (χ1n) is 11.4. The second kappa shape index (κ2) is 10.1. The van der Waals surface area contributed by atoms with Crippen LogP contribution in [0.5, 0.6) is 5.75 Å². The number of rotatable bonds is 9. The van der Waals surface area contributed by atoms with Gasteiger partial charge in [0.15, 0.2) is 0 Å². The summed E-state index contributed by atoms with van der Waals surface area (Å²) < 4.78 is 5.90. The summed E-state index contributed by atoms with van der Waals surface area (Å²) in [6.45, 7) is 6.96. The van der Waals surface area contributed by atoms with Crippen LogP contribution in [0.25, 0.3) is 0 Å². The number of hydrogen-bond donors (Lipinski definition) is 1. The molecule has 0 aromatic heterocycles. The molecule has 0 saturated carbocycles. The molecule has 2 aliphatic heterocycles. The lowest BCUT2D eigenvalue weighted by molar-refractivity contribution is 0.0590. The van der Waals surface area contributed by atoms with Gasteiger partial charge in [0.2, 0.25) is 0 Å². The molecule has 2 aromatic rings. The van der Waals surface area contributed by atoms with Crippen molar-refractivity contribution in [2.24, 2.45) is 0 Å². The fourth-order valence-corrected chi connectivity index (χ4v) is 4.33. The number of β-amino-alcohol motifs (C(OH)–C–C–N with tert-alkyl or cyclic N) is 1. The first-order valence-corrected chi connectivity index (χ1v) is 11.4. The molecule has 0 spiro atoms. The van der Waals surface area contributed by atoms with Crippen molar-refractivity contribution in [3.8, 4) is 5.75 Å². The Kier molecular flexibility index (Phi) is 7.07. The molecule has 0 bridgehead atoms. The summed E-state index contributed by atoms with van der Waals surface area (Å²) >= 11 is 0. The maximum Gasteiger partial charge on any atom is 0.261 e. The molecule has 32 heavy (non-hydrogen) atoms. The fraction of sp³-hybridized carbons (Fsp3) is 0.440. The quantitative estimate of drug-likeness (QED) is 0.608. The van der Waals surface area contributed by atoms with Crippen molar-refractivity contribution < 1.29 is 19.4 Å². The number of anilines is 1. The highest BCUT2D eigenvalue weighted by Gasteiger charge is 2.35. The normalized spacial score (nSPS) is 17.6. The summed E-state index contributed by atoms with van der Waals surface area (Å²) in [6.07, 6.45) is 0.756. The Labute approximate surface area is 189 Å². The summed E-state index contributed by atoms with van der Waals surface area (Å²) in [7, 11) is 0. The highest BCUT2D eigenvalue weighted by Crippen LogP contribution is 2.29. The number of carbonyl (C=O) groups is 2. The standard InChI is InChI=1S/C25H31N3O4/c1-2-17-32-23-10-6-5-9-22(23)27-15-13-26(14-16-27)18-19(29)11-12-28-24(30)20-7-3-4-8-21(20)25(28)31/h3-10,19,29H,2,11-18H2,1H3. The van der Waals surface area contributed by atoms with Crippen LogP contribution in [0.4, 0.5) is 5.69 Å². The maximum absolute atomic E-state index is 12.5. The number of aliphatic hydroxyl groups is 1. The van der Waals surface area contributed by atoms with Crippen LogP contribution in [0.15, 0.2) is 48.5 Å². The highest BCUT2D eigenvalue weighted by molar-refractivity contribution is 6.21. The van der Waals surface area contributed by atoms with Crippen LogP contribution < -0.4 is 9.64 Å². The van der Waals surface area contributed by atoms with Crippen LogP contribution in [-0.2, 0) is 0 Å². The number of fused-ring (bicyclic) bond motifs is 1. The fourth-order valence-electron chi connectivity index (χ4n) is 4.33. The van der Waals surface area contributed by atoms with E-state index in [9.17, 15) is 14.7 Å². The van der Waals surface area contributed by atoms with Crippen molar-refractivity contribution in [3.63, 3.8) is 0 Å². The molecule has 2 heterocycles. The van der Waals surface area contributed by atoms with Gasteiger partial charge in [0.25, 0.3) is 11.8 Å². The summed E-state index contributed by atoms with van der Waals surface area (Å²) in [5, 5.41) is 10.6. The van der Waals surface area contributed by atoms with Crippen molar-refractivity contribution in [2.75, 3.05) is 50.8 Å². The molecular formula is C25H31N3O4. The van der Waals surface area contributed by atoms with Gasteiger partial charge >= 0.3 is 0 Å². The summed E-state index contributed by atoms with van der Waals surface area (Å²) in [5.41, 5.74) is 2.02. The van der Waals surface area contributed by atoms with Gasteiger partial charge in [-0.1, -0.05) is 31.2 Å². The molecule has 2 aliphatic rings. The first kappa shape index (κ1) is 22.3. The number of imide groups is 1. The van der Waals surface area contributed by atoms with Gasteiger partial charge < -0.3 is 14.7 Å². The minimum atomic E-state index is -0.592. The Morgan fingerprint density at radius 3 is 2.22 bits per heavy atom. The van der Waals surface area contributed by atoms with Gasteiger partial charge in [0.05, 0.1) is 29.5 Å². The first-order chi connectivity index (χ1) is 15.6. The van der Waals surface area contributed by atoms with E-state index in [1.807, 2.05) is 18.2 Å². The number of para-hydroxylation sites is 2. The molecular weight excluding hydrogens is 406 g/mol. The molecule has 4 rings (SSSR count). The van der Waals surface area contributed by atoms with E-state index in [1.165, 1.54) is 4.90 Å². The average Bonchev–Trinajstić information content (AvgIpc) is 3.07. The molecule has 0 aliphatic carbocycles. The monoisotopic (exact) mass is 437 g/mol. The third-order valence-corrected chi connectivity index (χ3v) is 6.07. The van der Waals surface area contributed by atoms with Crippen molar-refractivity contribution in [1.29, 1.82) is 0 Å². The molecule has 1 N–H and O–H groups in total. The van der Waals surface area contributed by atoms with E-state index in [2.05, 4.69) is 22.8 Å². The van der Waals surface area contributed by atoms with Gasteiger partial charge in [0, 0.05) is 39.3 Å². The van der Waals surface area contributed by atoms with Crippen LogP contribution in [0.1, 0.15) is 40.5 Å². The number of carbonyl (C=O) groups excluding carboxylic acids is 2. The van der Waals surface area contributed by atoms with E-state index >= 15 is 0 Å². The second-order valence-corrected chi connectivity index (χ2v) is 8.35. The highest BCUT2D eigenvalue weighted by atomic mass is 16.5. The number of benzene rings is 2. The zero-order chi connectivity index (χ0) is 22.5. The molecule has 170 valence electrons. The minimum absolute atomic E-state index is 0.232. The topological polar surface area (TPSA) is 73.3 Å². The van der Waals surface area contributed by atoms with Crippen LogP contribution in [0, 0.1) is 0 Å². The Bertz CT molecular complexity index is 921. The largest absolute Gasteiger partial charge is 0.491 e. The van der Waals surface area contributed by atoms with E-state index in [4.69, 9.17) is 4.74 Å². The van der Waals surface area contributed by atoms with Crippen molar-refractivity contribution in [2.45, 2.75) is 25.9 Å². The number of aliphatic hydroxyl groups excluding tert-OH is 1. The van der Waals surface area contributed by atoms with Crippen LogP contribution in [0.2, 0.25) is 0 Å². The predicted octanol–water partition coefficient (Wildman–Crippen LogP) is 2.64. The summed E-state index contributed by atoms with van der Waals surface area (Å²) in [6, 6.07) is 15.0. The number of hydrogen-bond acceptors (Lipinski definition) is 6. The van der Waals surface area contributed by atoms with Crippen LogP contribution in [-0.4, -0.2) is 78.7 Å². The molecule has 1 atom stereocenters. The van der Waals surface area contributed by atoms with E-state index < -0.39 is 6.10 Å². The summed E-state index contributed by atoms with van der Waals surface area (Å²) in [5.74, 6) is 0.384. The molecule has 2 aromatic carbocycles. The van der Waals surface area contributed by atoms with Crippen LogP contribution in [0.3, 0.4) is 0 Å². The molecule has 7 heteroatoms. The van der Waals surface area contributed by atoms with E-state index in [-0.39, 0.29) is 18.4 Å². The molecule has 1 saturated heterocycles. The number of piperazine rings is 1. The zero-order valence-electron chi connectivity index (χ0n) is 18.6. The van der Waals surface area contributed by atoms with E-state index in [0.717, 1.165) is 44.0 Å². The molecule has 1 unspecified atom stereocenters. The van der Waals surface area contributed by atoms with Crippen molar-refractivity contribution in [1.82, 2.24) is 9.80 Å². The van der Waals surface area contributed by atoms with Gasteiger partial charge in [0.1, 0.15) is 5.75 Å². The third-order valence-electron chi connectivity index (χ3n) is 6.07. The van der Waals surface area contributed by atoms with Gasteiger partial charge in [-0.25, -0.2) is 0 Å². The van der Waals surface area contributed by atoms with Crippen molar-refractivity contribution in [3.05, 3.63) is 59.7 Å². The number of nitrogens with zero attached hydrogens (tertiary/aromatic N) is 3. The lowest BCUT2D eigenvalue weighted by atomic mass is 10.1. The Hall–Kier alpha value is -2.90. The Morgan fingerprint density at radius 2 is 1.56 bits per heavy atom. The zero-order valence-corrected chi connectivity index (χ0v) is 18.6. The SMILES string of the molecule is CCCOc1ccccc1N1CCN(CC(O)CCN2C(=O)c3ccccc3C2=O)CC1. The van der Waals surface area contributed by atoms with E-state index in [0.29, 0.717) is 30.7 Å². The molecule has 2 amide bonds. The number of ether oxygens (including phenoxy) is 1. The van der Waals surface area contributed by atoms with Gasteiger partial charge in [-0.15, -0.1) is 0 Å². The maximum atomic E-state index is 12.5. The second-order valence-electron chi connectivity index (χ2n) is 8.35. The molecule has 0 radical (unpaired) electrons. The predicted molar refractivity (Wildman–Crippen MR) is 123 cm³/mol. The summed E-state index contributed by atoms with van der Waals surface area (Å²) in [4.78, 5) is 30.8. The van der Waals surface area contributed by atoms with Gasteiger partial charge in [-0.05, 0) is 37.1 Å². The lowest BCUT2D eigenvalue weighted by Crippen LogP contribution is -2.49. The minimum Gasteiger partial charge on any atom is -0.491 e. The van der Waals surface area contributed by atoms with Gasteiger partial charge in [-0.3, -0.25) is 19.4 Å². The molecule has 7 nitrogen and oxygen atoms in total. The van der Waals surface area contributed by atoms with Gasteiger partial charge in [-0.2, -0.15) is 0 Å². The molecule has 1 fully saturated rings. The third kappa shape index (κ3) is 4.79. The Balaban J connectivity index is 1.25. The lowest BCUT2D eigenvalue weighted by Gasteiger charge is -2.37. The smallest absolute Gasteiger partial charge is 0.261 e. The Morgan fingerprint density at radius 1 is 0.938 bits per heavy atom. The average molecular weight is 438 g/mol.